The average Bonchev–Trinajstić information content (AvgIpc) is 2.98. The van der Waals surface area contributed by atoms with Crippen LogP contribution in [0.1, 0.15) is 57.5 Å². The van der Waals surface area contributed by atoms with Crippen molar-refractivity contribution in [3.63, 3.8) is 0 Å². The fourth-order valence-corrected chi connectivity index (χ4v) is 3.42. The Bertz CT molecular complexity index is 1000. The first-order valence-electron chi connectivity index (χ1n) is 10.7. The summed E-state index contributed by atoms with van der Waals surface area (Å²) in [5, 5.41) is 0. The molecule has 0 saturated carbocycles. The summed E-state index contributed by atoms with van der Waals surface area (Å²) in [4.78, 5) is 39.5. The molecule has 12 heteroatoms. The molecule has 2 N–H and O–H groups in total. The molecule has 1 heterocycles. The fourth-order valence-electron chi connectivity index (χ4n) is 3.42. The molecule has 0 aliphatic carbocycles. The number of nitrogens with one attached hydrogen (secondary N) is 2. The van der Waals surface area contributed by atoms with Gasteiger partial charge in [0, 0.05) is 5.56 Å². The van der Waals surface area contributed by atoms with E-state index in [9.17, 15) is 27.6 Å². The van der Waals surface area contributed by atoms with Gasteiger partial charge in [0.25, 0.3) is 11.8 Å². The van der Waals surface area contributed by atoms with Gasteiger partial charge in [0.2, 0.25) is 0 Å². The molecular weight excluding hydrogens is 471 g/mol. The smallest absolute Gasteiger partial charge is 0.419 e. The van der Waals surface area contributed by atoms with E-state index in [0.717, 1.165) is 17.0 Å². The predicted octanol–water partition coefficient (Wildman–Crippen LogP) is 3.79. The second-order valence-electron chi connectivity index (χ2n) is 9.54. The molecule has 194 valence electrons. The van der Waals surface area contributed by atoms with E-state index in [-0.39, 0.29) is 18.8 Å². The summed E-state index contributed by atoms with van der Waals surface area (Å²) < 4.78 is 56.3. The third-order valence-electron chi connectivity index (χ3n) is 5.00. The van der Waals surface area contributed by atoms with Crippen LogP contribution in [0, 0.1) is 0 Å². The number of nitrogens with zero attached hydrogens (tertiary/aromatic N) is 1. The summed E-state index contributed by atoms with van der Waals surface area (Å²) in [6, 6.07) is 2.73. The highest BCUT2D eigenvalue weighted by atomic mass is 19.4. The van der Waals surface area contributed by atoms with Crippen molar-refractivity contribution in [2.45, 2.75) is 64.6 Å². The highest BCUT2D eigenvalue weighted by Crippen LogP contribution is 2.38. The van der Waals surface area contributed by atoms with E-state index in [2.05, 4.69) is 17.4 Å². The van der Waals surface area contributed by atoms with Gasteiger partial charge in [-0.15, -0.1) is 0 Å². The molecule has 9 nitrogen and oxygen atoms in total. The van der Waals surface area contributed by atoms with E-state index in [1.54, 1.807) is 34.6 Å². The van der Waals surface area contributed by atoms with Crippen LogP contribution in [0.15, 0.2) is 30.9 Å². The van der Waals surface area contributed by atoms with Crippen molar-refractivity contribution >= 4 is 17.9 Å². The Labute approximate surface area is 201 Å². The van der Waals surface area contributed by atoms with Crippen LogP contribution in [0.3, 0.4) is 0 Å². The first kappa shape index (κ1) is 28.0. The molecule has 1 aromatic carbocycles. The maximum Gasteiger partial charge on any atom is 0.419 e. The van der Waals surface area contributed by atoms with Gasteiger partial charge in [-0.05, 0) is 59.7 Å². The lowest BCUT2D eigenvalue weighted by atomic mass is 10.0. The Morgan fingerprint density at radius 1 is 1.17 bits per heavy atom. The standard InChI is InChI=1S/C23H30F3N3O6/c1-8-11-33-16-10-9-14(12-15(16)23(24,25)26)17(30)27-28-18(31)22(7)13-34-21(5,6)29(22)19(32)35-20(2,3)4/h8-10,12H,1,11,13H2,2-7H3,(H,27,30)(H,28,31)/t22-/m0/s1. The normalized spacial score (nSPS) is 19.6. The largest absolute Gasteiger partial charge is 0.489 e. The molecule has 1 aliphatic heterocycles. The van der Waals surface area contributed by atoms with Gasteiger partial charge in [0.15, 0.2) is 0 Å². The van der Waals surface area contributed by atoms with Gasteiger partial charge in [-0.3, -0.25) is 25.3 Å². The molecular formula is C23H30F3N3O6. The highest BCUT2D eigenvalue weighted by molar-refractivity contribution is 5.97. The molecule has 3 amide bonds. The van der Waals surface area contributed by atoms with Crippen molar-refractivity contribution in [1.29, 1.82) is 0 Å². The van der Waals surface area contributed by atoms with Crippen LogP contribution in [0.2, 0.25) is 0 Å². The molecule has 0 bridgehead atoms. The fraction of sp³-hybridized carbons (Fsp3) is 0.522. The zero-order chi connectivity index (χ0) is 26.8. The van der Waals surface area contributed by atoms with Crippen molar-refractivity contribution in [3.8, 4) is 5.75 Å². The molecule has 1 saturated heterocycles. The van der Waals surface area contributed by atoms with E-state index < -0.39 is 52.3 Å². The Kier molecular flexibility index (Phi) is 7.80. The average molecular weight is 502 g/mol. The van der Waals surface area contributed by atoms with Crippen LogP contribution in [0.4, 0.5) is 18.0 Å². The molecule has 0 unspecified atom stereocenters. The zero-order valence-electron chi connectivity index (χ0n) is 20.5. The number of ether oxygens (including phenoxy) is 3. The van der Waals surface area contributed by atoms with Crippen LogP contribution < -0.4 is 15.6 Å². The van der Waals surface area contributed by atoms with Crippen molar-refractivity contribution in [2.75, 3.05) is 13.2 Å². The summed E-state index contributed by atoms with van der Waals surface area (Å²) in [6.45, 7) is 12.6. The quantitative estimate of drug-likeness (QED) is 0.470. The third-order valence-corrected chi connectivity index (χ3v) is 5.00. The summed E-state index contributed by atoms with van der Waals surface area (Å²) >= 11 is 0. The Balaban J connectivity index is 2.21. The van der Waals surface area contributed by atoms with Gasteiger partial charge in [0.1, 0.15) is 29.2 Å². The zero-order valence-corrected chi connectivity index (χ0v) is 20.5. The number of benzene rings is 1. The molecule has 1 fully saturated rings. The molecule has 0 spiro atoms. The third kappa shape index (κ3) is 6.44. The summed E-state index contributed by atoms with van der Waals surface area (Å²) in [7, 11) is 0. The number of hydrazine groups is 1. The topological polar surface area (TPSA) is 106 Å². The number of alkyl halides is 3. The first-order valence-corrected chi connectivity index (χ1v) is 10.7. The highest BCUT2D eigenvalue weighted by Gasteiger charge is 2.57. The lowest BCUT2D eigenvalue weighted by Gasteiger charge is -2.39. The minimum atomic E-state index is -4.79. The molecule has 2 rings (SSSR count). The number of carbonyl (C=O) groups is 3. The lowest BCUT2D eigenvalue weighted by molar-refractivity contribution is -0.139. The Morgan fingerprint density at radius 2 is 1.80 bits per heavy atom. The second kappa shape index (κ2) is 9.76. The molecule has 1 atom stereocenters. The van der Waals surface area contributed by atoms with Gasteiger partial charge < -0.3 is 14.2 Å². The molecule has 1 aromatic rings. The number of hydrogen-bond donors (Lipinski definition) is 2. The van der Waals surface area contributed by atoms with E-state index in [1.807, 2.05) is 0 Å². The minimum Gasteiger partial charge on any atom is -0.489 e. The minimum absolute atomic E-state index is 0.157. The molecule has 1 aliphatic rings. The van der Waals surface area contributed by atoms with Gasteiger partial charge in [0.05, 0.1) is 12.2 Å². The Hall–Kier alpha value is -3.28. The van der Waals surface area contributed by atoms with Gasteiger partial charge in [-0.2, -0.15) is 13.2 Å². The summed E-state index contributed by atoms with van der Waals surface area (Å²) in [6.07, 6.45) is -4.32. The van der Waals surface area contributed by atoms with E-state index in [0.29, 0.717) is 6.07 Å². The number of rotatable bonds is 5. The number of amides is 3. The number of halogens is 3. The molecule has 0 radical (unpaired) electrons. The van der Waals surface area contributed by atoms with Crippen LogP contribution in [-0.4, -0.2) is 52.9 Å². The van der Waals surface area contributed by atoms with E-state index in [1.165, 1.54) is 13.0 Å². The van der Waals surface area contributed by atoms with E-state index >= 15 is 0 Å². The van der Waals surface area contributed by atoms with Crippen molar-refractivity contribution < 1.29 is 41.8 Å². The first-order chi connectivity index (χ1) is 15.9. The van der Waals surface area contributed by atoms with Crippen LogP contribution >= 0.6 is 0 Å². The Morgan fingerprint density at radius 3 is 2.34 bits per heavy atom. The second-order valence-corrected chi connectivity index (χ2v) is 9.54. The summed E-state index contributed by atoms with van der Waals surface area (Å²) in [5.74, 6) is -2.31. The maximum absolute atomic E-state index is 13.4. The van der Waals surface area contributed by atoms with Crippen LogP contribution in [-0.2, 0) is 20.4 Å². The van der Waals surface area contributed by atoms with Crippen LogP contribution in [0.5, 0.6) is 5.75 Å². The van der Waals surface area contributed by atoms with Crippen LogP contribution in [0.25, 0.3) is 0 Å². The summed E-state index contributed by atoms with van der Waals surface area (Å²) in [5.41, 5.74) is -0.932. The van der Waals surface area contributed by atoms with Crippen molar-refractivity contribution in [3.05, 3.63) is 42.0 Å². The molecule has 0 aromatic heterocycles. The van der Waals surface area contributed by atoms with E-state index in [4.69, 9.17) is 14.2 Å². The van der Waals surface area contributed by atoms with Gasteiger partial charge in [-0.1, -0.05) is 12.7 Å². The van der Waals surface area contributed by atoms with Crippen molar-refractivity contribution in [2.24, 2.45) is 0 Å². The monoisotopic (exact) mass is 501 g/mol. The maximum atomic E-state index is 13.4. The van der Waals surface area contributed by atoms with Gasteiger partial charge in [-0.25, -0.2) is 4.79 Å². The lowest BCUT2D eigenvalue weighted by Crippen LogP contribution is -2.63. The van der Waals surface area contributed by atoms with Gasteiger partial charge >= 0.3 is 12.3 Å². The molecule has 35 heavy (non-hydrogen) atoms. The predicted molar refractivity (Wildman–Crippen MR) is 119 cm³/mol. The number of carbonyl (C=O) groups excluding carboxylic acids is 3. The number of hydrogen-bond acceptors (Lipinski definition) is 6. The van der Waals surface area contributed by atoms with Crippen molar-refractivity contribution in [1.82, 2.24) is 15.8 Å². The SMILES string of the molecule is C=CCOc1ccc(C(=O)NNC(=O)[C@]2(C)COC(C)(C)N2C(=O)OC(C)(C)C)cc1C(F)(F)F.